The zero-order valence-electron chi connectivity index (χ0n) is 18.7. The van der Waals surface area contributed by atoms with Gasteiger partial charge in [-0.3, -0.25) is 14.3 Å². The molecule has 33 heavy (non-hydrogen) atoms. The Morgan fingerprint density at radius 2 is 1.97 bits per heavy atom. The molecule has 1 N–H and O–H groups in total. The topological polar surface area (TPSA) is 93.5 Å². The molecule has 2 aromatic heterocycles. The number of alkyl halides is 3. The van der Waals surface area contributed by atoms with Crippen molar-refractivity contribution in [2.24, 2.45) is 0 Å². The van der Waals surface area contributed by atoms with Crippen molar-refractivity contribution in [1.29, 1.82) is 0 Å². The van der Waals surface area contributed by atoms with E-state index in [-0.39, 0.29) is 33.9 Å². The van der Waals surface area contributed by atoms with Crippen LogP contribution in [0.25, 0.3) is 0 Å². The molecule has 0 bridgehead atoms. The summed E-state index contributed by atoms with van der Waals surface area (Å²) in [5.74, 6) is -1.76. The second kappa shape index (κ2) is 9.54. The molecule has 1 aliphatic carbocycles. The monoisotopic (exact) mass is 486 g/mol. The number of nitrogens with zero attached hydrogens (tertiary/aromatic N) is 3. The van der Waals surface area contributed by atoms with Crippen LogP contribution in [-0.4, -0.2) is 53.2 Å². The highest BCUT2D eigenvalue weighted by Crippen LogP contribution is 2.42. The second-order valence-electron chi connectivity index (χ2n) is 8.03. The number of halogens is 3. The summed E-state index contributed by atoms with van der Waals surface area (Å²) in [5.41, 5.74) is -0.268. The number of carbonyl (C=O) groups is 3. The number of aromatic nitrogens is 2. The zero-order valence-corrected chi connectivity index (χ0v) is 19.5. The maximum Gasteiger partial charge on any atom is 0.435 e. The first-order valence-electron chi connectivity index (χ1n) is 10.4. The fraction of sp³-hybridized carbons (Fsp3) is 0.524. The number of rotatable bonds is 8. The van der Waals surface area contributed by atoms with E-state index in [9.17, 15) is 27.6 Å². The van der Waals surface area contributed by atoms with Gasteiger partial charge in [0.1, 0.15) is 11.5 Å². The number of nitrogens with one attached hydrogen (secondary N) is 1. The van der Waals surface area contributed by atoms with Gasteiger partial charge in [-0.05, 0) is 37.8 Å². The van der Waals surface area contributed by atoms with Gasteiger partial charge in [-0.1, -0.05) is 6.92 Å². The van der Waals surface area contributed by atoms with Crippen LogP contribution in [0.3, 0.4) is 0 Å². The quantitative estimate of drug-likeness (QED) is 0.568. The summed E-state index contributed by atoms with van der Waals surface area (Å²) in [4.78, 5) is 39.5. The van der Waals surface area contributed by atoms with E-state index in [0.29, 0.717) is 17.7 Å². The average Bonchev–Trinajstić information content (AvgIpc) is 3.40. The molecule has 0 radical (unpaired) electrons. The Labute approximate surface area is 192 Å². The smallest absolute Gasteiger partial charge is 0.435 e. The van der Waals surface area contributed by atoms with Crippen LogP contribution < -0.4 is 5.32 Å². The molecule has 2 heterocycles. The van der Waals surface area contributed by atoms with Crippen LogP contribution in [-0.2, 0) is 22.3 Å². The predicted octanol–water partition coefficient (Wildman–Crippen LogP) is 4.06. The minimum Gasteiger partial charge on any atom is -0.462 e. The second-order valence-corrected chi connectivity index (χ2v) is 9.05. The summed E-state index contributed by atoms with van der Waals surface area (Å²) in [7, 11) is 3.12. The minimum atomic E-state index is -4.62. The van der Waals surface area contributed by atoms with Gasteiger partial charge in [0.2, 0.25) is 5.91 Å². The van der Waals surface area contributed by atoms with Crippen molar-refractivity contribution in [3.63, 3.8) is 0 Å². The van der Waals surface area contributed by atoms with Gasteiger partial charge >= 0.3 is 12.1 Å². The molecule has 8 nitrogen and oxygen atoms in total. The number of anilines is 1. The Kier molecular flexibility index (Phi) is 7.15. The number of hydrogen-bond donors (Lipinski definition) is 1. The number of amides is 2. The van der Waals surface area contributed by atoms with Gasteiger partial charge in [-0.25, -0.2) is 4.79 Å². The average molecular weight is 487 g/mol. The number of thiophene rings is 1. The molecule has 0 aliphatic heterocycles. The summed E-state index contributed by atoms with van der Waals surface area (Å²) in [6.07, 6.45) is -2.56. The van der Waals surface area contributed by atoms with E-state index in [1.54, 1.807) is 21.0 Å². The number of hydrogen-bond acceptors (Lipinski definition) is 6. The Bertz CT molecular complexity index is 1070. The van der Waals surface area contributed by atoms with Crippen molar-refractivity contribution >= 4 is 34.1 Å². The zero-order chi connectivity index (χ0) is 24.5. The summed E-state index contributed by atoms with van der Waals surface area (Å²) in [5, 5.41) is 6.26. The lowest BCUT2D eigenvalue weighted by atomic mass is 10.1. The first-order chi connectivity index (χ1) is 15.4. The van der Waals surface area contributed by atoms with Crippen LogP contribution in [0.2, 0.25) is 0 Å². The van der Waals surface area contributed by atoms with Gasteiger partial charge < -0.3 is 15.0 Å². The molecule has 12 heteroatoms. The minimum absolute atomic E-state index is 0.0609. The SMILES string of the molecule is CCCOC(=O)c1c(NC(=O)Cn2nc(C(F)(F)F)cc2C2CC2)sc(C(=O)N(C)C)c1C. The molecule has 0 spiro atoms. The van der Waals surface area contributed by atoms with E-state index < -0.39 is 30.3 Å². The Hall–Kier alpha value is -2.89. The summed E-state index contributed by atoms with van der Waals surface area (Å²) < 4.78 is 45.6. The summed E-state index contributed by atoms with van der Waals surface area (Å²) in [6, 6.07) is 0.974. The van der Waals surface area contributed by atoms with Gasteiger partial charge in [0.05, 0.1) is 17.0 Å². The standard InChI is InChI=1S/C21H25F3N4O4S/c1-5-8-32-20(31)16-11(2)17(19(30)27(3)4)33-18(16)25-15(29)10-28-13(12-6-7-12)9-14(26-28)21(22,23)24/h9,12H,5-8,10H2,1-4H3,(H,25,29). The molecule has 0 saturated heterocycles. The van der Waals surface area contributed by atoms with Crippen molar-refractivity contribution in [3.05, 3.63) is 33.5 Å². The van der Waals surface area contributed by atoms with Crippen LogP contribution >= 0.6 is 11.3 Å². The fourth-order valence-electron chi connectivity index (χ4n) is 3.23. The van der Waals surface area contributed by atoms with Crippen molar-refractivity contribution in [1.82, 2.24) is 14.7 Å². The van der Waals surface area contributed by atoms with Gasteiger partial charge in [0.15, 0.2) is 5.69 Å². The Morgan fingerprint density at radius 3 is 2.52 bits per heavy atom. The Balaban J connectivity index is 1.88. The van der Waals surface area contributed by atoms with E-state index in [1.807, 2.05) is 6.92 Å². The fourth-order valence-corrected chi connectivity index (χ4v) is 4.46. The molecule has 0 atom stereocenters. The third-order valence-electron chi connectivity index (χ3n) is 5.03. The molecule has 2 aromatic rings. The first kappa shape index (κ1) is 24.7. The molecular formula is C21H25F3N4O4S. The third kappa shape index (κ3) is 5.55. The number of ether oxygens (including phenoxy) is 1. The van der Waals surface area contributed by atoms with E-state index >= 15 is 0 Å². The van der Waals surface area contributed by atoms with E-state index in [1.165, 1.54) is 4.90 Å². The van der Waals surface area contributed by atoms with Gasteiger partial charge in [0, 0.05) is 25.7 Å². The van der Waals surface area contributed by atoms with Crippen LogP contribution in [0.15, 0.2) is 6.07 Å². The Morgan fingerprint density at radius 1 is 1.30 bits per heavy atom. The maximum atomic E-state index is 13.1. The normalized spacial score (nSPS) is 13.7. The van der Waals surface area contributed by atoms with Gasteiger partial charge in [0.25, 0.3) is 5.91 Å². The summed E-state index contributed by atoms with van der Waals surface area (Å²) in [6.45, 7) is 3.11. The van der Waals surface area contributed by atoms with Crippen LogP contribution in [0.5, 0.6) is 0 Å². The molecule has 1 fully saturated rings. The van der Waals surface area contributed by atoms with E-state index in [2.05, 4.69) is 10.4 Å². The highest BCUT2D eigenvalue weighted by atomic mass is 32.1. The van der Waals surface area contributed by atoms with Crippen molar-refractivity contribution in [3.8, 4) is 0 Å². The lowest BCUT2D eigenvalue weighted by molar-refractivity contribution is -0.141. The van der Waals surface area contributed by atoms with E-state index in [0.717, 1.165) is 34.9 Å². The van der Waals surface area contributed by atoms with Crippen LogP contribution in [0.1, 0.15) is 69.1 Å². The summed E-state index contributed by atoms with van der Waals surface area (Å²) >= 11 is 0.922. The first-order valence-corrected chi connectivity index (χ1v) is 11.2. The van der Waals surface area contributed by atoms with Crippen LogP contribution in [0, 0.1) is 6.92 Å². The lowest BCUT2D eigenvalue weighted by Crippen LogP contribution is -2.22. The number of esters is 1. The van der Waals surface area contributed by atoms with Crippen LogP contribution in [0.4, 0.5) is 18.2 Å². The largest absolute Gasteiger partial charge is 0.462 e. The molecule has 0 aromatic carbocycles. The molecule has 1 saturated carbocycles. The molecule has 2 amide bonds. The molecule has 180 valence electrons. The molecular weight excluding hydrogens is 461 g/mol. The number of carbonyl (C=O) groups excluding carboxylic acids is 3. The van der Waals surface area contributed by atoms with Crippen molar-refractivity contribution < 1.29 is 32.3 Å². The van der Waals surface area contributed by atoms with E-state index in [4.69, 9.17) is 4.74 Å². The third-order valence-corrected chi connectivity index (χ3v) is 6.23. The molecule has 0 unspecified atom stereocenters. The van der Waals surface area contributed by atoms with Crippen molar-refractivity contribution in [2.45, 2.75) is 51.7 Å². The van der Waals surface area contributed by atoms with Gasteiger partial charge in [-0.2, -0.15) is 18.3 Å². The van der Waals surface area contributed by atoms with Crippen molar-refractivity contribution in [2.75, 3.05) is 26.0 Å². The van der Waals surface area contributed by atoms with Gasteiger partial charge in [-0.15, -0.1) is 11.3 Å². The highest BCUT2D eigenvalue weighted by molar-refractivity contribution is 7.18. The molecule has 3 rings (SSSR count). The predicted molar refractivity (Wildman–Crippen MR) is 115 cm³/mol. The lowest BCUT2D eigenvalue weighted by Gasteiger charge is -2.09. The maximum absolute atomic E-state index is 13.1. The highest BCUT2D eigenvalue weighted by Gasteiger charge is 2.38. The molecule has 1 aliphatic rings.